The molecule has 32 heavy (non-hydrogen) atoms. The minimum absolute atomic E-state index is 0.165. The Labute approximate surface area is 189 Å². The van der Waals surface area contributed by atoms with Crippen molar-refractivity contribution in [2.45, 2.75) is 78.1 Å². The lowest BCUT2D eigenvalue weighted by atomic mass is 9.58. The van der Waals surface area contributed by atoms with Crippen LogP contribution >= 0.6 is 0 Å². The summed E-state index contributed by atoms with van der Waals surface area (Å²) in [5, 5.41) is 0. The smallest absolute Gasteiger partial charge is 0.311 e. The summed E-state index contributed by atoms with van der Waals surface area (Å²) in [4.78, 5) is 51.8. The van der Waals surface area contributed by atoms with E-state index in [1.807, 2.05) is 26.8 Å². The predicted molar refractivity (Wildman–Crippen MR) is 116 cm³/mol. The highest BCUT2D eigenvalue weighted by Crippen LogP contribution is 2.54. The topological polar surface area (TPSA) is 99.3 Å². The number of ether oxygens (including phenoxy) is 3. The number of Topliss-reactive ketones (excluding diaryl/α,β-unsaturated/α-hetero) is 1. The highest BCUT2D eigenvalue weighted by molar-refractivity contribution is 6.04. The molecule has 1 saturated heterocycles. The van der Waals surface area contributed by atoms with Crippen LogP contribution in [-0.2, 0) is 33.4 Å². The maximum absolute atomic E-state index is 14.2. The highest BCUT2D eigenvalue weighted by atomic mass is 16.6. The van der Waals surface area contributed by atoms with Crippen molar-refractivity contribution in [2.24, 2.45) is 23.2 Å². The second-order valence-corrected chi connectivity index (χ2v) is 9.59. The molecule has 1 heterocycles. The summed E-state index contributed by atoms with van der Waals surface area (Å²) in [6, 6.07) is 0. The molecule has 1 aliphatic heterocycles. The van der Waals surface area contributed by atoms with Crippen LogP contribution in [0.4, 0.5) is 0 Å². The number of esters is 2. The molecule has 0 bridgehead atoms. The van der Waals surface area contributed by atoms with Crippen LogP contribution in [0.5, 0.6) is 0 Å². The quantitative estimate of drug-likeness (QED) is 0.363. The summed E-state index contributed by atoms with van der Waals surface area (Å²) in [6.45, 7) is 9.06. The number of carbonyl (C=O) groups excluding carboxylic acids is 4. The molecule has 7 atom stereocenters. The SMILES string of the molecule is CCCC(=O)O[C@@H]1CC/C(C)=C\[C@H]2OC2(C(C)C(=O)OC)C(=O)C2C(C)C(=O)C=C[C@@]21C. The van der Waals surface area contributed by atoms with Gasteiger partial charge in [-0.15, -0.1) is 0 Å². The number of hydrogen-bond acceptors (Lipinski definition) is 7. The zero-order valence-electron chi connectivity index (χ0n) is 19.8. The molecule has 0 aromatic heterocycles. The summed E-state index contributed by atoms with van der Waals surface area (Å²) in [6.07, 6.45) is 6.04. The van der Waals surface area contributed by atoms with Crippen molar-refractivity contribution in [3.63, 3.8) is 0 Å². The van der Waals surface area contributed by atoms with Gasteiger partial charge in [-0.2, -0.15) is 0 Å². The molecule has 0 N–H and O–H groups in total. The zero-order chi connectivity index (χ0) is 23.8. The second-order valence-electron chi connectivity index (χ2n) is 9.59. The lowest BCUT2D eigenvalue weighted by Gasteiger charge is -2.46. The van der Waals surface area contributed by atoms with Crippen LogP contribution in [0, 0.1) is 23.2 Å². The van der Waals surface area contributed by atoms with E-state index in [9.17, 15) is 19.2 Å². The fraction of sp³-hybridized carbons (Fsp3) is 0.680. The summed E-state index contributed by atoms with van der Waals surface area (Å²) in [5.41, 5.74) is -1.32. The van der Waals surface area contributed by atoms with Crippen molar-refractivity contribution in [2.75, 3.05) is 7.11 Å². The first-order valence-corrected chi connectivity index (χ1v) is 11.4. The molecule has 4 unspecified atom stereocenters. The van der Waals surface area contributed by atoms with Crippen LogP contribution in [0.2, 0.25) is 0 Å². The number of fused-ring (bicyclic) bond motifs is 2. The standard InChI is InChI=1S/C25H34O7/c1-7-8-20(27)31-18-10-9-14(2)13-19-25(32-19,16(4)23(29)30-6)22(28)21-15(3)17(26)11-12-24(18,21)5/h11-13,15-16,18-19,21H,7-10H2,1-6H3/b14-13-/t15?,16?,18-,19-,21?,24-,25?/m1/s1. The van der Waals surface area contributed by atoms with E-state index in [2.05, 4.69) is 0 Å². The zero-order valence-corrected chi connectivity index (χ0v) is 19.8. The number of ketones is 2. The number of allylic oxidation sites excluding steroid dienone is 2. The fourth-order valence-corrected chi connectivity index (χ4v) is 5.35. The minimum Gasteiger partial charge on any atom is -0.469 e. The Morgan fingerprint density at radius 2 is 2.00 bits per heavy atom. The Morgan fingerprint density at radius 1 is 1.31 bits per heavy atom. The number of methoxy groups -OCH3 is 1. The second kappa shape index (κ2) is 8.93. The number of hydrogen-bond donors (Lipinski definition) is 0. The van der Waals surface area contributed by atoms with Crippen molar-refractivity contribution >= 4 is 23.5 Å². The Balaban J connectivity index is 2.13. The number of carbonyl (C=O) groups is 4. The van der Waals surface area contributed by atoms with Gasteiger partial charge in [0.25, 0.3) is 0 Å². The van der Waals surface area contributed by atoms with Gasteiger partial charge in [0.2, 0.25) is 0 Å². The third kappa shape index (κ3) is 3.96. The lowest BCUT2D eigenvalue weighted by Crippen LogP contribution is -2.55. The molecule has 0 spiro atoms. The molecule has 0 aromatic carbocycles. The van der Waals surface area contributed by atoms with Crippen LogP contribution in [0.15, 0.2) is 23.8 Å². The molecule has 3 rings (SSSR count). The molecular formula is C25H34O7. The molecule has 7 nitrogen and oxygen atoms in total. The summed E-state index contributed by atoms with van der Waals surface area (Å²) >= 11 is 0. The Morgan fingerprint density at radius 3 is 2.62 bits per heavy atom. The van der Waals surface area contributed by atoms with Gasteiger partial charge in [-0.05, 0) is 39.2 Å². The molecule has 176 valence electrons. The summed E-state index contributed by atoms with van der Waals surface area (Å²) in [7, 11) is 1.28. The third-order valence-electron chi connectivity index (χ3n) is 7.44. The first kappa shape index (κ1) is 24.4. The third-order valence-corrected chi connectivity index (χ3v) is 7.44. The maximum Gasteiger partial charge on any atom is 0.311 e. The molecule has 1 fully saturated rings. The predicted octanol–water partition coefficient (Wildman–Crippen LogP) is 3.35. The summed E-state index contributed by atoms with van der Waals surface area (Å²) < 4.78 is 16.8. The van der Waals surface area contributed by atoms with Gasteiger partial charge in [-0.3, -0.25) is 19.2 Å². The maximum atomic E-state index is 14.2. The van der Waals surface area contributed by atoms with Gasteiger partial charge in [-0.1, -0.05) is 38.5 Å². The van der Waals surface area contributed by atoms with E-state index in [4.69, 9.17) is 14.2 Å². The van der Waals surface area contributed by atoms with Crippen LogP contribution in [0.25, 0.3) is 0 Å². The van der Waals surface area contributed by atoms with Crippen molar-refractivity contribution in [3.05, 3.63) is 23.8 Å². The van der Waals surface area contributed by atoms with Crippen LogP contribution in [0.1, 0.15) is 60.3 Å². The van der Waals surface area contributed by atoms with Gasteiger partial charge < -0.3 is 14.2 Å². The van der Waals surface area contributed by atoms with E-state index in [0.717, 1.165) is 5.57 Å². The van der Waals surface area contributed by atoms with Crippen molar-refractivity contribution in [1.82, 2.24) is 0 Å². The van der Waals surface area contributed by atoms with Gasteiger partial charge >= 0.3 is 11.9 Å². The van der Waals surface area contributed by atoms with Crippen molar-refractivity contribution in [3.8, 4) is 0 Å². The van der Waals surface area contributed by atoms with Gasteiger partial charge in [-0.25, -0.2) is 0 Å². The Hall–Kier alpha value is -2.28. The normalized spacial score (nSPS) is 39.1. The average Bonchev–Trinajstić information content (AvgIpc) is 3.47. The van der Waals surface area contributed by atoms with E-state index in [0.29, 0.717) is 19.3 Å². The molecule has 0 radical (unpaired) electrons. The minimum atomic E-state index is -1.39. The van der Waals surface area contributed by atoms with Crippen LogP contribution < -0.4 is 0 Å². The highest BCUT2D eigenvalue weighted by Gasteiger charge is 2.70. The number of rotatable bonds is 5. The first-order valence-electron chi connectivity index (χ1n) is 11.4. The van der Waals surface area contributed by atoms with Gasteiger partial charge in [0.15, 0.2) is 17.2 Å². The van der Waals surface area contributed by atoms with Crippen molar-refractivity contribution < 1.29 is 33.4 Å². The largest absolute Gasteiger partial charge is 0.469 e. The van der Waals surface area contributed by atoms with E-state index in [1.54, 1.807) is 19.9 Å². The first-order chi connectivity index (χ1) is 15.0. The summed E-state index contributed by atoms with van der Waals surface area (Å²) in [5.74, 6) is -3.62. The monoisotopic (exact) mass is 446 g/mol. The molecule has 0 amide bonds. The van der Waals surface area contributed by atoms with Crippen molar-refractivity contribution in [1.29, 1.82) is 0 Å². The van der Waals surface area contributed by atoms with Gasteiger partial charge in [0, 0.05) is 23.7 Å². The number of epoxide rings is 1. The molecule has 2 aliphatic carbocycles. The molecule has 3 aliphatic rings. The van der Waals surface area contributed by atoms with E-state index in [-0.39, 0.29) is 24.0 Å². The Bertz CT molecular complexity index is 872. The lowest BCUT2D eigenvalue weighted by molar-refractivity contribution is -0.163. The molecule has 0 aromatic rings. The van der Waals surface area contributed by atoms with E-state index >= 15 is 0 Å². The molecule has 7 heteroatoms. The van der Waals surface area contributed by atoms with Crippen LogP contribution in [0.3, 0.4) is 0 Å². The van der Waals surface area contributed by atoms with E-state index in [1.165, 1.54) is 13.2 Å². The van der Waals surface area contributed by atoms with Gasteiger partial charge in [0.1, 0.15) is 12.2 Å². The fourth-order valence-electron chi connectivity index (χ4n) is 5.35. The molecule has 0 saturated carbocycles. The van der Waals surface area contributed by atoms with Gasteiger partial charge in [0.05, 0.1) is 13.0 Å². The Kier molecular flexibility index (Phi) is 6.80. The van der Waals surface area contributed by atoms with Crippen LogP contribution in [-0.4, -0.2) is 48.4 Å². The average molecular weight is 447 g/mol. The van der Waals surface area contributed by atoms with E-state index < -0.39 is 46.9 Å². The molecular weight excluding hydrogens is 412 g/mol.